The van der Waals surface area contributed by atoms with E-state index in [-0.39, 0.29) is 5.82 Å². The normalized spacial score (nSPS) is 15.4. The Hall–Kier alpha value is -2.27. The summed E-state index contributed by atoms with van der Waals surface area (Å²) in [4.78, 5) is 2.52. The Labute approximate surface area is 167 Å². The number of hydrogen-bond acceptors (Lipinski definition) is 4. The summed E-state index contributed by atoms with van der Waals surface area (Å²) in [5.74, 6) is 2.28. The Bertz CT molecular complexity index is 744. The summed E-state index contributed by atoms with van der Waals surface area (Å²) in [7, 11) is 3.32. The maximum absolute atomic E-state index is 13.6. The highest BCUT2D eigenvalue weighted by Crippen LogP contribution is 2.28. The van der Waals surface area contributed by atoms with Crippen LogP contribution in [0.5, 0.6) is 17.2 Å². The van der Waals surface area contributed by atoms with Crippen LogP contribution in [0.2, 0.25) is 0 Å². The summed E-state index contributed by atoms with van der Waals surface area (Å²) in [5, 5.41) is 0. The van der Waals surface area contributed by atoms with Gasteiger partial charge in [-0.25, -0.2) is 4.39 Å². The Morgan fingerprint density at radius 1 is 0.964 bits per heavy atom. The Morgan fingerprint density at radius 3 is 2.43 bits per heavy atom. The first-order chi connectivity index (χ1) is 13.7. The van der Waals surface area contributed by atoms with Gasteiger partial charge >= 0.3 is 0 Å². The van der Waals surface area contributed by atoms with Crippen LogP contribution in [-0.2, 0) is 6.42 Å². The van der Waals surface area contributed by atoms with E-state index < -0.39 is 0 Å². The van der Waals surface area contributed by atoms with Crippen molar-refractivity contribution in [3.05, 3.63) is 53.8 Å². The lowest BCUT2D eigenvalue weighted by Crippen LogP contribution is -2.35. The van der Waals surface area contributed by atoms with Gasteiger partial charge in [-0.2, -0.15) is 0 Å². The molecule has 5 heteroatoms. The Balaban J connectivity index is 1.37. The number of nitrogens with zero attached hydrogens (tertiary/aromatic N) is 1. The van der Waals surface area contributed by atoms with Crippen molar-refractivity contribution in [2.45, 2.75) is 25.7 Å². The molecule has 0 spiro atoms. The highest BCUT2D eigenvalue weighted by atomic mass is 19.1. The third-order valence-electron chi connectivity index (χ3n) is 5.49. The largest absolute Gasteiger partial charge is 0.493 e. The van der Waals surface area contributed by atoms with Gasteiger partial charge in [0.15, 0.2) is 23.1 Å². The molecule has 0 atom stereocenters. The fourth-order valence-electron chi connectivity index (χ4n) is 3.72. The predicted molar refractivity (Wildman–Crippen MR) is 109 cm³/mol. The number of halogens is 1. The fourth-order valence-corrected chi connectivity index (χ4v) is 3.72. The summed E-state index contributed by atoms with van der Waals surface area (Å²) in [6, 6.07) is 12.7. The average molecular weight is 387 g/mol. The summed E-state index contributed by atoms with van der Waals surface area (Å²) in [6.45, 7) is 3.85. The van der Waals surface area contributed by atoms with Crippen molar-refractivity contribution in [2.24, 2.45) is 5.92 Å². The smallest absolute Gasteiger partial charge is 0.165 e. The second-order valence-electron chi connectivity index (χ2n) is 7.29. The number of benzene rings is 2. The standard InChI is InChI=1S/C23H30FNO3/c1-26-22-8-7-19(17-23(22)27-2)11-15-25-13-9-18(10-14-25)12-16-28-21-6-4-3-5-20(21)24/h3-8,17-18H,9-16H2,1-2H3. The van der Waals surface area contributed by atoms with Crippen LogP contribution >= 0.6 is 0 Å². The molecule has 1 fully saturated rings. The van der Waals surface area contributed by atoms with E-state index in [0.29, 0.717) is 18.3 Å². The van der Waals surface area contributed by atoms with Crippen molar-refractivity contribution < 1.29 is 18.6 Å². The number of ether oxygens (including phenoxy) is 3. The van der Waals surface area contributed by atoms with Gasteiger partial charge in [-0.1, -0.05) is 18.2 Å². The van der Waals surface area contributed by atoms with Gasteiger partial charge in [0.1, 0.15) is 0 Å². The molecular weight excluding hydrogens is 357 g/mol. The summed E-state index contributed by atoms with van der Waals surface area (Å²) >= 11 is 0. The Morgan fingerprint density at radius 2 is 1.71 bits per heavy atom. The van der Waals surface area contributed by atoms with Crippen LogP contribution in [0.1, 0.15) is 24.8 Å². The van der Waals surface area contributed by atoms with Gasteiger partial charge in [0, 0.05) is 6.54 Å². The molecule has 0 unspecified atom stereocenters. The molecule has 0 aromatic heterocycles. The third-order valence-corrected chi connectivity index (χ3v) is 5.49. The minimum atomic E-state index is -0.285. The van der Waals surface area contributed by atoms with Crippen LogP contribution in [0.3, 0.4) is 0 Å². The molecule has 1 heterocycles. The van der Waals surface area contributed by atoms with E-state index in [1.807, 2.05) is 6.07 Å². The van der Waals surface area contributed by atoms with E-state index in [0.717, 1.165) is 44.0 Å². The molecule has 0 radical (unpaired) electrons. The predicted octanol–water partition coefficient (Wildman–Crippen LogP) is 4.57. The highest BCUT2D eigenvalue weighted by Gasteiger charge is 2.19. The van der Waals surface area contributed by atoms with Gasteiger partial charge in [-0.15, -0.1) is 0 Å². The zero-order valence-corrected chi connectivity index (χ0v) is 16.8. The molecule has 0 amide bonds. The second kappa shape index (κ2) is 10.3. The fraction of sp³-hybridized carbons (Fsp3) is 0.478. The number of hydrogen-bond donors (Lipinski definition) is 0. The third kappa shape index (κ3) is 5.61. The van der Waals surface area contributed by atoms with Crippen LogP contribution in [0.4, 0.5) is 4.39 Å². The van der Waals surface area contributed by atoms with Gasteiger partial charge < -0.3 is 19.1 Å². The first-order valence-electron chi connectivity index (χ1n) is 10.00. The summed E-state index contributed by atoms with van der Waals surface area (Å²) < 4.78 is 29.9. The number of likely N-dealkylation sites (tertiary alicyclic amines) is 1. The highest BCUT2D eigenvalue weighted by molar-refractivity contribution is 5.42. The van der Waals surface area contributed by atoms with Crippen molar-refractivity contribution in [1.29, 1.82) is 0 Å². The van der Waals surface area contributed by atoms with Crippen LogP contribution in [0.15, 0.2) is 42.5 Å². The number of rotatable bonds is 9. The molecule has 0 aliphatic carbocycles. The summed E-state index contributed by atoms with van der Waals surface area (Å²) in [6.07, 6.45) is 4.33. The maximum Gasteiger partial charge on any atom is 0.165 e. The number of piperidine rings is 1. The number of methoxy groups -OCH3 is 2. The lowest BCUT2D eigenvalue weighted by Gasteiger charge is -2.32. The SMILES string of the molecule is COc1ccc(CCN2CCC(CCOc3ccccc3F)CC2)cc1OC. The van der Waals surface area contributed by atoms with Crippen LogP contribution < -0.4 is 14.2 Å². The van der Waals surface area contributed by atoms with Crippen molar-refractivity contribution >= 4 is 0 Å². The molecule has 2 aromatic carbocycles. The van der Waals surface area contributed by atoms with E-state index in [2.05, 4.69) is 17.0 Å². The van der Waals surface area contributed by atoms with Crippen molar-refractivity contribution in [3.63, 3.8) is 0 Å². The van der Waals surface area contributed by atoms with Crippen molar-refractivity contribution in [3.8, 4) is 17.2 Å². The molecule has 2 aromatic rings. The quantitative estimate of drug-likeness (QED) is 0.631. The van der Waals surface area contributed by atoms with E-state index in [1.165, 1.54) is 24.5 Å². The first-order valence-corrected chi connectivity index (χ1v) is 10.00. The van der Waals surface area contributed by atoms with E-state index in [4.69, 9.17) is 14.2 Å². The molecule has 3 rings (SSSR count). The summed E-state index contributed by atoms with van der Waals surface area (Å²) in [5.41, 5.74) is 1.26. The molecule has 1 saturated heterocycles. The topological polar surface area (TPSA) is 30.9 Å². The number of para-hydroxylation sites is 1. The molecule has 0 N–H and O–H groups in total. The maximum atomic E-state index is 13.6. The molecule has 1 aliphatic heterocycles. The van der Waals surface area contributed by atoms with Gasteiger partial charge in [-0.05, 0) is 74.5 Å². The van der Waals surface area contributed by atoms with Gasteiger partial charge in [0.25, 0.3) is 0 Å². The van der Waals surface area contributed by atoms with Crippen LogP contribution in [-0.4, -0.2) is 45.4 Å². The van der Waals surface area contributed by atoms with Gasteiger partial charge in [0.2, 0.25) is 0 Å². The molecule has 152 valence electrons. The molecular formula is C23H30FNO3. The van der Waals surface area contributed by atoms with Crippen molar-refractivity contribution in [2.75, 3.05) is 40.5 Å². The monoisotopic (exact) mass is 387 g/mol. The van der Waals surface area contributed by atoms with E-state index in [9.17, 15) is 4.39 Å². The average Bonchev–Trinajstić information content (AvgIpc) is 2.74. The molecule has 0 saturated carbocycles. The Kier molecular flexibility index (Phi) is 7.54. The minimum absolute atomic E-state index is 0.285. The van der Waals surface area contributed by atoms with E-state index >= 15 is 0 Å². The molecule has 1 aliphatic rings. The van der Waals surface area contributed by atoms with Crippen LogP contribution in [0, 0.1) is 11.7 Å². The molecule has 28 heavy (non-hydrogen) atoms. The first kappa shape index (κ1) is 20.5. The zero-order valence-electron chi connectivity index (χ0n) is 16.8. The lowest BCUT2D eigenvalue weighted by atomic mass is 9.93. The second-order valence-corrected chi connectivity index (χ2v) is 7.29. The minimum Gasteiger partial charge on any atom is -0.493 e. The zero-order chi connectivity index (χ0) is 19.8. The lowest BCUT2D eigenvalue weighted by molar-refractivity contribution is 0.163. The van der Waals surface area contributed by atoms with Gasteiger partial charge in [-0.3, -0.25) is 0 Å². The molecule has 0 bridgehead atoms. The van der Waals surface area contributed by atoms with Crippen molar-refractivity contribution in [1.82, 2.24) is 4.90 Å². The van der Waals surface area contributed by atoms with Gasteiger partial charge in [0.05, 0.1) is 20.8 Å². The van der Waals surface area contributed by atoms with E-state index in [1.54, 1.807) is 32.4 Å². The van der Waals surface area contributed by atoms with Crippen LogP contribution in [0.25, 0.3) is 0 Å². The molecule has 4 nitrogen and oxygen atoms in total.